The highest BCUT2D eigenvalue weighted by molar-refractivity contribution is 5.62. The molecule has 0 radical (unpaired) electrons. The van der Waals surface area contributed by atoms with Crippen LogP contribution in [-0.2, 0) is 0 Å². The Bertz CT molecular complexity index is 192. The highest BCUT2D eigenvalue weighted by Gasteiger charge is 2.11. The molecule has 0 aromatic carbocycles. The summed E-state index contributed by atoms with van der Waals surface area (Å²) in [5.41, 5.74) is 5.39. The van der Waals surface area contributed by atoms with Crippen LogP contribution in [0.1, 0.15) is 6.42 Å². The summed E-state index contributed by atoms with van der Waals surface area (Å²) in [4.78, 5) is 0. The fraction of sp³-hybridized carbons (Fsp3) is 0.444. The van der Waals surface area contributed by atoms with Crippen molar-refractivity contribution in [3.8, 4) is 0 Å². The first kappa shape index (κ1) is 8.21. The van der Waals surface area contributed by atoms with Crippen molar-refractivity contribution in [2.45, 2.75) is 6.42 Å². The van der Waals surface area contributed by atoms with Crippen LogP contribution in [0, 0.1) is 5.92 Å². The minimum absolute atomic E-state index is 0.424. The topological polar surface area (TPSA) is 29.0 Å². The van der Waals surface area contributed by atoms with Crippen LogP contribution in [0.2, 0.25) is 0 Å². The average molecular weight is 151 g/mol. The lowest BCUT2D eigenvalue weighted by atomic mass is 10.2. The normalized spacial score (nSPS) is 21.9. The third kappa shape index (κ3) is 2.31. The Morgan fingerprint density at radius 3 is 3.00 bits per heavy atom. The van der Waals surface area contributed by atoms with E-state index in [9.17, 15) is 0 Å². The van der Waals surface area contributed by atoms with E-state index in [4.69, 9.17) is 5.73 Å². The first-order chi connectivity index (χ1) is 5.36. The summed E-state index contributed by atoms with van der Waals surface area (Å²) in [5.74, 6) is 0.424. The van der Waals surface area contributed by atoms with E-state index in [1.54, 1.807) is 0 Å². The molecule has 11 heavy (non-hydrogen) atoms. The summed E-state index contributed by atoms with van der Waals surface area (Å²) < 4.78 is 2.17. The van der Waals surface area contributed by atoms with Crippen LogP contribution in [0.15, 0.2) is 24.9 Å². The van der Waals surface area contributed by atoms with E-state index in [1.165, 1.54) is 0 Å². The molecular weight excluding hydrogens is 136 g/mol. The Labute approximate surface area is 67.7 Å². The molecule has 2 N–H and O–H groups in total. The lowest BCUT2D eigenvalue weighted by Crippen LogP contribution is -2.11. The summed E-state index contributed by atoms with van der Waals surface area (Å²) in [6.45, 7) is 5.51. The zero-order valence-electron chi connectivity index (χ0n) is 6.74. The molecule has 1 heterocycles. The lowest BCUT2D eigenvalue weighted by molar-refractivity contribution is -0.449. The van der Waals surface area contributed by atoms with Crippen LogP contribution in [0.4, 0.5) is 0 Å². The molecule has 2 nitrogen and oxygen atoms in total. The SMILES string of the molecule is C=CC1C=C[N+](CCCN)=C1. The van der Waals surface area contributed by atoms with E-state index >= 15 is 0 Å². The van der Waals surface area contributed by atoms with E-state index in [2.05, 4.69) is 29.6 Å². The molecule has 0 aliphatic carbocycles. The van der Waals surface area contributed by atoms with Gasteiger partial charge in [-0.25, -0.2) is 4.58 Å². The van der Waals surface area contributed by atoms with Gasteiger partial charge >= 0.3 is 0 Å². The van der Waals surface area contributed by atoms with E-state index < -0.39 is 0 Å². The fourth-order valence-electron chi connectivity index (χ4n) is 1.09. The first-order valence-electron chi connectivity index (χ1n) is 3.98. The molecule has 0 saturated heterocycles. The molecular formula is C9H15N2+. The minimum atomic E-state index is 0.424. The molecule has 0 bridgehead atoms. The molecule has 0 aromatic rings. The predicted octanol–water partition coefficient (Wildman–Crippen LogP) is 0.748. The maximum Gasteiger partial charge on any atom is 0.165 e. The zero-order valence-corrected chi connectivity index (χ0v) is 6.74. The largest absolute Gasteiger partial charge is 0.330 e. The molecule has 0 fully saturated rings. The van der Waals surface area contributed by atoms with Crippen LogP contribution < -0.4 is 5.73 Å². The van der Waals surface area contributed by atoms with Crippen LogP contribution in [0.3, 0.4) is 0 Å². The Hall–Kier alpha value is -0.890. The Morgan fingerprint density at radius 1 is 1.64 bits per heavy atom. The minimum Gasteiger partial charge on any atom is -0.330 e. The molecule has 0 amide bonds. The van der Waals surface area contributed by atoms with Gasteiger partial charge in [0.15, 0.2) is 12.4 Å². The molecule has 1 aliphatic heterocycles. The standard InChI is InChI=1S/C9H15N2/c1-2-9-4-7-11(8-9)6-3-5-10/h2,4,7-9H,1,3,5-6,10H2/q+1. The van der Waals surface area contributed by atoms with Gasteiger partial charge in [-0.15, -0.1) is 6.58 Å². The van der Waals surface area contributed by atoms with Gasteiger partial charge in [-0.2, -0.15) is 0 Å². The molecule has 0 aromatic heterocycles. The summed E-state index contributed by atoms with van der Waals surface area (Å²) in [5, 5.41) is 0. The van der Waals surface area contributed by atoms with Crippen molar-refractivity contribution in [3.63, 3.8) is 0 Å². The van der Waals surface area contributed by atoms with Gasteiger partial charge in [-0.1, -0.05) is 6.08 Å². The van der Waals surface area contributed by atoms with Gasteiger partial charge in [0, 0.05) is 6.42 Å². The van der Waals surface area contributed by atoms with E-state index in [-0.39, 0.29) is 0 Å². The number of rotatable bonds is 4. The summed E-state index contributed by atoms with van der Waals surface area (Å²) in [6.07, 6.45) is 9.35. The Morgan fingerprint density at radius 2 is 2.45 bits per heavy atom. The predicted molar refractivity (Wildman–Crippen MR) is 47.7 cm³/mol. The van der Waals surface area contributed by atoms with Gasteiger partial charge in [-0.3, -0.25) is 0 Å². The van der Waals surface area contributed by atoms with Crippen molar-refractivity contribution >= 4 is 6.21 Å². The smallest absolute Gasteiger partial charge is 0.165 e. The van der Waals surface area contributed by atoms with Gasteiger partial charge in [0.25, 0.3) is 0 Å². The maximum atomic E-state index is 5.39. The first-order valence-corrected chi connectivity index (χ1v) is 3.98. The van der Waals surface area contributed by atoms with E-state index in [0.717, 1.165) is 19.5 Å². The highest BCUT2D eigenvalue weighted by atomic mass is 15.0. The second-order valence-electron chi connectivity index (χ2n) is 2.68. The maximum absolute atomic E-state index is 5.39. The van der Waals surface area contributed by atoms with Gasteiger partial charge in [0.05, 0.1) is 5.92 Å². The molecule has 1 rings (SSSR count). The van der Waals surface area contributed by atoms with Crippen molar-refractivity contribution in [1.29, 1.82) is 0 Å². The average Bonchev–Trinajstić information content (AvgIpc) is 2.48. The summed E-state index contributed by atoms with van der Waals surface area (Å²) in [7, 11) is 0. The van der Waals surface area contributed by atoms with Crippen molar-refractivity contribution in [2.75, 3.05) is 13.1 Å². The molecule has 0 saturated carbocycles. The summed E-state index contributed by atoms with van der Waals surface area (Å²) >= 11 is 0. The second-order valence-corrected chi connectivity index (χ2v) is 2.68. The van der Waals surface area contributed by atoms with Gasteiger partial charge in [0.1, 0.15) is 6.54 Å². The van der Waals surface area contributed by atoms with Crippen molar-refractivity contribution in [1.82, 2.24) is 0 Å². The number of hydrogen-bond acceptors (Lipinski definition) is 1. The Kier molecular flexibility index (Phi) is 3.05. The number of hydrogen-bond donors (Lipinski definition) is 1. The summed E-state index contributed by atoms with van der Waals surface area (Å²) in [6, 6.07) is 0. The van der Waals surface area contributed by atoms with Gasteiger partial charge < -0.3 is 5.73 Å². The Balaban J connectivity index is 2.37. The van der Waals surface area contributed by atoms with E-state index in [0.29, 0.717) is 5.92 Å². The molecule has 1 atom stereocenters. The van der Waals surface area contributed by atoms with Gasteiger partial charge in [-0.05, 0) is 12.6 Å². The molecule has 1 aliphatic rings. The number of nitrogens with zero attached hydrogens (tertiary/aromatic N) is 1. The van der Waals surface area contributed by atoms with Crippen molar-refractivity contribution < 1.29 is 4.58 Å². The van der Waals surface area contributed by atoms with E-state index in [1.807, 2.05) is 6.08 Å². The van der Waals surface area contributed by atoms with Crippen molar-refractivity contribution in [3.05, 3.63) is 24.9 Å². The lowest BCUT2D eigenvalue weighted by Gasteiger charge is -1.91. The highest BCUT2D eigenvalue weighted by Crippen LogP contribution is 2.03. The quantitative estimate of drug-likeness (QED) is 0.466. The van der Waals surface area contributed by atoms with Gasteiger partial charge in [0.2, 0.25) is 0 Å². The molecule has 2 heteroatoms. The zero-order chi connectivity index (χ0) is 8.10. The van der Waals surface area contributed by atoms with Crippen LogP contribution in [0.25, 0.3) is 0 Å². The van der Waals surface area contributed by atoms with Crippen LogP contribution in [-0.4, -0.2) is 23.9 Å². The van der Waals surface area contributed by atoms with Crippen molar-refractivity contribution in [2.24, 2.45) is 11.7 Å². The second kappa shape index (κ2) is 4.09. The third-order valence-electron chi connectivity index (χ3n) is 1.76. The third-order valence-corrected chi connectivity index (χ3v) is 1.76. The van der Waals surface area contributed by atoms with Crippen LogP contribution in [0.5, 0.6) is 0 Å². The monoisotopic (exact) mass is 151 g/mol. The number of nitrogens with two attached hydrogens (primary N) is 1. The molecule has 1 unspecified atom stereocenters. The molecule has 60 valence electrons. The fourth-order valence-corrected chi connectivity index (χ4v) is 1.09. The molecule has 0 spiro atoms. The van der Waals surface area contributed by atoms with Crippen LogP contribution >= 0.6 is 0 Å². The number of allylic oxidation sites excluding steroid dienone is 2.